The Bertz CT molecular complexity index is 496. The predicted octanol–water partition coefficient (Wildman–Crippen LogP) is 2.91. The quantitative estimate of drug-likeness (QED) is 0.866. The number of hydrogen-bond donors (Lipinski definition) is 2. The van der Waals surface area contributed by atoms with Gasteiger partial charge in [-0.2, -0.15) is 0 Å². The van der Waals surface area contributed by atoms with Crippen LogP contribution < -0.4 is 5.32 Å². The molecule has 1 aromatic rings. The van der Waals surface area contributed by atoms with E-state index in [9.17, 15) is 14.3 Å². The number of nitrogens with one attached hydrogen (secondary N) is 1. The highest BCUT2D eigenvalue weighted by Crippen LogP contribution is 2.45. The zero-order chi connectivity index (χ0) is 14.2. The first kappa shape index (κ1) is 13.6. The van der Waals surface area contributed by atoms with Crippen LogP contribution in [0.15, 0.2) is 18.2 Å². The Hall–Kier alpha value is -1.78. The molecule has 0 unspecified atom stereocenters. The molecule has 1 aromatic carbocycles. The van der Waals surface area contributed by atoms with Gasteiger partial charge in [0, 0.05) is 17.5 Å². The fraction of sp³-hybridized carbons (Fsp3) is 0.500. The molecule has 1 amide bonds. The summed E-state index contributed by atoms with van der Waals surface area (Å²) in [5.74, 6) is -1.02. The van der Waals surface area contributed by atoms with Gasteiger partial charge in [-0.05, 0) is 33.3 Å². The summed E-state index contributed by atoms with van der Waals surface area (Å²) < 4.78 is 18.4. The first-order valence-electron chi connectivity index (χ1n) is 6.25. The van der Waals surface area contributed by atoms with Crippen molar-refractivity contribution in [3.63, 3.8) is 0 Å². The van der Waals surface area contributed by atoms with Crippen molar-refractivity contribution in [3.05, 3.63) is 29.6 Å². The highest BCUT2D eigenvalue weighted by molar-refractivity contribution is 5.69. The average Bonchev–Trinajstić information content (AvgIpc) is 2.98. The first-order chi connectivity index (χ1) is 8.78. The largest absolute Gasteiger partial charge is 0.505 e. The number of aromatic hydroxyl groups is 1. The summed E-state index contributed by atoms with van der Waals surface area (Å²) in [7, 11) is 0. The second-order valence-electron chi connectivity index (χ2n) is 5.77. The Morgan fingerprint density at radius 1 is 1.47 bits per heavy atom. The zero-order valence-corrected chi connectivity index (χ0v) is 11.2. The third kappa shape index (κ3) is 3.36. The normalized spacial score (nSPS) is 21.9. The topological polar surface area (TPSA) is 58.6 Å². The van der Waals surface area contributed by atoms with E-state index >= 15 is 0 Å². The number of para-hydroxylation sites is 1. The van der Waals surface area contributed by atoms with Crippen LogP contribution in [0, 0.1) is 5.82 Å². The molecule has 2 N–H and O–H groups in total. The van der Waals surface area contributed by atoms with Crippen LogP contribution in [0.1, 0.15) is 38.7 Å². The highest BCUT2D eigenvalue weighted by atomic mass is 19.1. The summed E-state index contributed by atoms with van der Waals surface area (Å²) in [6, 6.07) is 4.31. The molecule has 0 aliphatic heterocycles. The number of carbonyl (C=O) groups is 1. The highest BCUT2D eigenvalue weighted by Gasteiger charge is 2.42. The average molecular weight is 267 g/mol. The minimum absolute atomic E-state index is 0.0526. The molecule has 0 radical (unpaired) electrons. The predicted molar refractivity (Wildman–Crippen MR) is 68.6 cm³/mol. The lowest BCUT2D eigenvalue weighted by atomic mass is 10.1. The molecule has 0 saturated heterocycles. The van der Waals surface area contributed by atoms with Gasteiger partial charge in [0.15, 0.2) is 11.6 Å². The molecule has 1 saturated carbocycles. The second kappa shape index (κ2) is 4.72. The summed E-state index contributed by atoms with van der Waals surface area (Å²) in [5.41, 5.74) is -0.0174. The molecule has 19 heavy (non-hydrogen) atoms. The summed E-state index contributed by atoms with van der Waals surface area (Å²) in [6.07, 6.45) is 0.187. The van der Waals surface area contributed by atoms with Gasteiger partial charge >= 0.3 is 6.09 Å². The third-order valence-electron chi connectivity index (χ3n) is 2.91. The molecule has 4 nitrogen and oxygen atoms in total. The molecule has 2 atom stereocenters. The maximum Gasteiger partial charge on any atom is 0.407 e. The molecule has 1 fully saturated rings. The monoisotopic (exact) mass is 267 g/mol. The van der Waals surface area contributed by atoms with E-state index in [1.165, 1.54) is 6.07 Å². The van der Waals surface area contributed by atoms with Crippen LogP contribution in [0.25, 0.3) is 0 Å². The Kier molecular flexibility index (Phi) is 3.39. The number of halogens is 1. The van der Waals surface area contributed by atoms with Crippen molar-refractivity contribution >= 4 is 6.09 Å². The van der Waals surface area contributed by atoms with Crippen molar-refractivity contribution < 1.29 is 19.0 Å². The standard InChI is InChI=1S/C14H18FNO3/c1-14(2,3)19-13(18)16-11-7-9(11)8-5-4-6-10(15)12(8)17/h4-6,9,11,17H,7H2,1-3H3,(H,16,18)/t9-,11+/m0/s1. The SMILES string of the molecule is CC(C)(C)OC(=O)N[C@@H]1C[C@H]1c1cccc(F)c1O. The van der Waals surface area contributed by atoms with Gasteiger partial charge < -0.3 is 15.2 Å². The minimum atomic E-state index is -0.639. The van der Waals surface area contributed by atoms with E-state index in [1.54, 1.807) is 32.9 Å². The van der Waals surface area contributed by atoms with Gasteiger partial charge in [0.25, 0.3) is 0 Å². The summed E-state index contributed by atoms with van der Waals surface area (Å²) in [5, 5.41) is 12.3. The van der Waals surface area contributed by atoms with E-state index in [2.05, 4.69) is 5.32 Å². The molecule has 1 aliphatic carbocycles. The molecule has 0 bridgehead atoms. The zero-order valence-electron chi connectivity index (χ0n) is 11.2. The lowest BCUT2D eigenvalue weighted by molar-refractivity contribution is 0.0522. The number of carbonyl (C=O) groups excluding carboxylic acids is 1. The van der Waals surface area contributed by atoms with Crippen LogP contribution in [0.2, 0.25) is 0 Å². The summed E-state index contributed by atoms with van der Waals surface area (Å²) in [6.45, 7) is 5.36. The van der Waals surface area contributed by atoms with Crippen molar-refractivity contribution in [1.82, 2.24) is 5.32 Å². The number of ether oxygens (including phenoxy) is 1. The van der Waals surface area contributed by atoms with Gasteiger partial charge in [-0.3, -0.25) is 0 Å². The molecule has 2 rings (SSSR count). The molecule has 0 spiro atoms. The van der Waals surface area contributed by atoms with Gasteiger partial charge in [-0.15, -0.1) is 0 Å². The van der Waals surface area contributed by atoms with Gasteiger partial charge in [-0.1, -0.05) is 12.1 Å². The minimum Gasteiger partial charge on any atom is -0.505 e. The van der Waals surface area contributed by atoms with Crippen molar-refractivity contribution in [3.8, 4) is 5.75 Å². The fourth-order valence-corrected chi connectivity index (χ4v) is 1.99. The Morgan fingerprint density at radius 2 is 2.16 bits per heavy atom. The van der Waals surface area contributed by atoms with Crippen LogP contribution in [-0.4, -0.2) is 22.8 Å². The molecule has 0 aromatic heterocycles. The number of phenolic OH excluding ortho intramolecular Hbond substituents is 1. The van der Waals surface area contributed by atoms with E-state index in [-0.39, 0.29) is 17.7 Å². The first-order valence-corrected chi connectivity index (χ1v) is 6.25. The van der Waals surface area contributed by atoms with Gasteiger partial charge in [-0.25, -0.2) is 9.18 Å². The summed E-state index contributed by atoms with van der Waals surface area (Å²) >= 11 is 0. The number of amides is 1. The number of rotatable bonds is 2. The van der Waals surface area contributed by atoms with Crippen LogP contribution >= 0.6 is 0 Å². The van der Waals surface area contributed by atoms with E-state index in [1.807, 2.05) is 0 Å². The fourth-order valence-electron chi connectivity index (χ4n) is 1.99. The van der Waals surface area contributed by atoms with Crippen LogP contribution in [0.3, 0.4) is 0 Å². The number of hydrogen-bond acceptors (Lipinski definition) is 3. The van der Waals surface area contributed by atoms with E-state index < -0.39 is 17.5 Å². The van der Waals surface area contributed by atoms with Crippen molar-refractivity contribution in [2.24, 2.45) is 0 Å². The van der Waals surface area contributed by atoms with Crippen LogP contribution in [0.5, 0.6) is 5.75 Å². The Labute approximate surface area is 111 Å². The van der Waals surface area contributed by atoms with E-state index in [0.29, 0.717) is 12.0 Å². The maximum atomic E-state index is 13.2. The number of alkyl carbamates (subject to hydrolysis) is 1. The summed E-state index contributed by atoms with van der Waals surface area (Å²) in [4.78, 5) is 11.6. The molecular weight excluding hydrogens is 249 g/mol. The maximum absolute atomic E-state index is 13.2. The molecule has 1 aliphatic rings. The second-order valence-corrected chi connectivity index (χ2v) is 5.77. The Balaban J connectivity index is 1.95. The van der Waals surface area contributed by atoms with E-state index in [4.69, 9.17) is 4.74 Å². The van der Waals surface area contributed by atoms with Crippen molar-refractivity contribution in [1.29, 1.82) is 0 Å². The van der Waals surface area contributed by atoms with Crippen molar-refractivity contribution in [2.75, 3.05) is 0 Å². The van der Waals surface area contributed by atoms with Gasteiger partial charge in [0.2, 0.25) is 0 Å². The number of benzene rings is 1. The molecule has 104 valence electrons. The lowest BCUT2D eigenvalue weighted by Crippen LogP contribution is -2.34. The van der Waals surface area contributed by atoms with Crippen LogP contribution in [0.4, 0.5) is 9.18 Å². The smallest absolute Gasteiger partial charge is 0.407 e. The third-order valence-corrected chi connectivity index (χ3v) is 2.91. The Morgan fingerprint density at radius 3 is 2.79 bits per heavy atom. The van der Waals surface area contributed by atoms with Gasteiger partial charge in [0.1, 0.15) is 5.60 Å². The molecule has 5 heteroatoms. The molecular formula is C14H18FNO3. The van der Waals surface area contributed by atoms with Crippen LogP contribution in [-0.2, 0) is 4.74 Å². The van der Waals surface area contributed by atoms with Gasteiger partial charge in [0.05, 0.1) is 0 Å². The lowest BCUT2D eigenvalue weighted by Gasteiger charge is -2.19. The number of phenols is 1. The van der Waals surface area contributed by atoms with Crippen molar-refractivity contribution in [2.45, 2.75) is 44.8 Å². The molecule has 0 heterocycles. The van der Waals surface area contributed by atoms with E-state index in [0.717, 1.165) is 0 Å².